The van der Waals surface area contributed by atoms with E-state index >= 15 is 0 Å². The van der Waals surface area contributed by atoms with Gasteiger partial charge < -0.3 is 15.4 Å². The zero-order chi connectivity index (χ0) is 12.3. The molecule has 3 N–H and O–H groups in total. The Balaban J connectivity index is 2.13. The minimum absolute atomic E-state index is 0.0234. The van der Waals surface area contributed by atoms with Crippen LogP contribution < -0.4 is 5.73 Å². The van der Waals surface area contributed by atoms with E-state index in [2.05, 4.69) is 15.8 Å². The average molecular weight is 255 g/mol. The summed E-state index contributed by atoms with van der Waals surface area (Å²) in [7, 11) is 0. The molecule has 1 aliphatic carbocycles. The molecular weight excluding hydrogens is 234 g/mol. The highest BCUT2D eigenvalue weighted by Gasteiger charge is 2.24. The molecular formula is C12H21N3OS. The van der Waals surface area contributed by atoms with Crippen molar-refractivity contribution in [1.82, 2.24) is 9.55 Å². The van der Waals surface area contributed by atoms with E-state index in [1.54, 1.807) is 6.20 Å². The predicted molar refractivity (Wildman–Crippen MR) is 71.0 cm³/mol. The van der Waals surface area contributed by atoms with Gasteiger partial charge in [-0.05, 0) is 25.5 Å². The molecule has 96 valence electrons. The Kier molecular flexibility index (Phi) is 4.48. The summed E-state index contributed by atoms with van der Waals surface area (Å²) in [5, 5.41) is 9.90. The van der Waals surface area contributed by atoms with E-state index in [1.165, 1.54) is 25.7 Å². The van der Waals surface area contributed by atoms with Gasteiger partial charge in [-0.3, -0.25) is 0 Å². The van der Waals surface area contributed by atoms with Crippen LogP contribution in [0.5, 0.6) is 0 Å². The van der Waals surface area contributed by atoms with Crippen LogP contribution >= 0.6 is 11.8 Å². The largest absolute Gasteiger partial charge is 0.394 e. The number of rotatable bonds is 4. The highest BCUT2D eigenvalue weighted by Crippen LogP contribution is 2.35. The van der Waals surface area contributed by atoms with Crippen molar-refractivity contribution in [2.24, 2.45) is 5.73 Å². The van der Waals surface area contributed by atoms with Gasteiger partial charge in [0.05, 0.1) is 24.7 Å². The second kappa shape index (κ2) is 5.89. The van der Waals surface area contributed by atoms with Gasteiger partial charge in [-0.2, -0.15) is 11.8 Å². The molecule has 17 heavy (non-hydrogen) atoms. The van der Waals surface area contributed by atoms with Crippen LogP contribution in [0.1, 0.15) is 43.5 Å². The first-order valence-corrected chi connectivity index (χ1v) is 7.46. The molecule has 3 unspecified atom stereocenters. The smallest absolute Gasteiger partial charge is 0.0951 e. The van der Waals surface area contributed by atoms with Crippen molar-refractivity contribution in [3.8, 4) is 0 Å². The number of aliphatic hydroxyl groups excluding tert-OH is 1. The lowest BCUT2D eigenvalue weighted by molar-refractivity contribution is 0.257. The summed E-state index contributed by atoms with van der Waals surface area (Å²) in [6.45, 7) is -0.0234. The van der Waals surface area contributed by atoms with Crippen molar-refractivity contribution in [3.05, 3.63) is 18.2 Å². The Morgan fingerprint density at radius 2 is 2.47 bits per heavy atom. The van der Waals surface area contributed by atoms with Crippen LogP contribution in [0.15, 0.2) is 12.5 Å². The molecule has 0 aliphatic heterocycles. The number of nitrogens with zero attached hydrogens (tertiary/aromatic N) is 2. The van der Waals surface area contributed by atoms with E-state index in [0.29, 0.717) is 6.04 Å². The molecule has 4 nitrogen and oxygen atoms in total. The quantitative estimate of drug-likeness (QED) is 0.860. The normalized spacial score (nSPS) is 27.0. The lowest BCUT2D eigenvalue weighted by Gasteiger charge is -2.30. The third-order valence-electron chi connectivity index (χ3n) is 3.60. The summed E-state index contributed by atoms with van der Waals surface area (Å²) in [5.74, 6) is 0. The Morgan fingerprint density at radius 1 is 1.65 bits per heavy atom. The predicted octanol–water partition coefficient (Wildman–Crippen LogP) is 1.72. The fraction of sp³-hybridized carbons (Fsp3) is 0.750. The van der Waals surface area contributed by atoms with E-state index in [9.17, 15) is 0 Å². The van der Waals surface area contributed by atoms with Crippen LogP contribution in [0.2, 0.25) is 0 Å². The van der Waals surface area contributed by atoms with Gasteiger partial charge in [-0.25, -0.2) is 4.98 Å². The topological polar surface area (TPSA) is 64.1 Å². The maximum absolute atomic E-state index is 9.16. The number of aromatic nitrogens is 2. The molecule has 0 amide bonds. The number of imidazole rings is 1. The molecule has 2 rings (SSSR count). The molecule has 5 heteroatoms. The molecule has 0 aromatic carbocycles. The number of hydrogen-bond acceptors (Lipinski definition) is 4. The first-order chi connectivity index (χ1) is 8.26. The van der Waals surface area contributed by atoms with E-state index in [4.69, 9.17) is 10.8 Å². The van der Waals surface area contributed by atoms with E-state index in [-0.39, 0.29) is 12.6 Å². The van der Waals surface area contributed by atoms with Gasteiger partial charge in [0.1, 0.15) is 0 Å². The Morgan fingerprint density at radius 3 is 3.18 bits per heavy atom. The zero-order valence-electron chi connectivity index (χ0n) is 10.2. The maximum atomic E-state index is 9.16. The minimum Gasteiger partial charge on any atom is -0.394 e. The molecule has 1 aromatic heterocycles. The number of thioether (sulfide) groups is 1. The number of nitrogens with two attached hydrogens (primary N) is 1. The summed E-state index contributed by atoms with van der Waals surface area (Å²) in [5.41, 5.74) is 6.85. The van der Waals surface area contributed by atoms with Crippen LogP contribution in [0.4, 0.5) is 0 Å². The van der Waals surface area contributed by atoms with Gasteiger partial charge >= 0.3 is 0 Å². The first-order valence-electron chi connectivity index (χ1n) is 6.17. The summed E-state index contributed by atoms with van der Waals surface area (Å²) in [6.07, 6.45) is 10.8. The molecule has 1 aliphatic rings. The van der Waals surface area contributed by atoms with E-state index in [0.717, 1.165) is 10.9 Å². The van der Waals surface area contributed by atoms with Gasteiger partial charge in [0, 0.05) is 17.5 Å². The fourth-order valence-electron chi connectivity index (χ4n) is 2.59. The fourth-order valence-corrected chi connectivity index (χ4v) is 3.40. The summed E-state index contributed by atoms with van der Waals surface area (Å²) < 4.78 is 2.17. The van der Waals surface area contributed by atoms with Crippen LogP contribution in [-0.4, -0.2) is 32.8 Å². The first kappa shape index (κ1) is 12.9. The Bertz CT molecular complexity index is 355. The van der Waals surface area contributed by atoms with Crippen molar-refractivity contribution < 1.29 is 5.11 Å². The molecule has 0 bridgehead atoms. The number of hydrogen-bond donors (Lipinski definition) is 2. The molecule has 1 saturated carbocycles. The van der Waals surface area contributed by atoms with Crippen molar-refractivity contribution in [1.29, 1.82) is 0 Å². The van der Waals surface area contributed by atoms with E-state index in [1.807, 2.05) is 18.1 Å². The molecule has 3 atom stereocenters. The SMILES string of the molecule is CSC1CCCC(n2cncc2C(N)CO)C1. The number of aliphatic hydroxyl groups is 1. The second-order valence-corrected chi connectivity index (χ2v) is 5.83. The highest BCUT2D eigenvalue weighted by molar-refractivity contribution is 7.99. The molecule has 0 spiro atoms. The molecule has 1 heterocycles. The van der Waals surface area contributed by atoms with Crippen LogP contribution in [0, 0.1) is 0 Å². The molecule has 0 saturated heterocycles. The van der Waals surface area contributed by atoms with Gasteiger partial charge in [0.15, 0.2) is 0 Å². The van der Waals surface area contributed by atoms with Gasteiger partial charge in [0.25, 0.3) is 0 Å². The third kappa shape index (κ3) is 2.84. The Labute approximate surface area is 107 Å². The van der Waals surface area contributed by atoms with Gasteiger partial charge in [0.2, 0.25) is 0 Å². The third-order valence-corrected chi connectivity index (χ3v) is 4.69. The molecule has 0 radical (unpaired) electrons. The summed E-state index contributed by atoms with van der Waals surface area (Å²) >= 11 is 1.95. The molecule has 1 fully saturated rings. The molecule has 1 aromatic rings. The van der Waals surface area contributed by atoms with Crippen molar-refractivity contribution >= 4 is 11.8 Å². The van der Waals surface area contributed by atoms with Gasteiger partial charge in [-0.1, -0.05) is 6.42 Å². The standard InChI is InChI=1S/C12H21N3OS/c1-17-10-4-2-3-9(5-10)15-8-14-6-12(15)11(13)7-16/h6,8-11,16H,2-5,7,13H2,1H3. The Hall–Kier alpha value is -0.520. The van der Waals surface area contributed by atoms with Crippen LogP contribution in [-0.2, 0) is 0 Å². The lowest BCUT2D eigenvalue weighted by Crippen LogP contribution is -2.25. The van der Waals surface area contributed by atoms with Gasteiger partial charge in [-0.15, -0.1) is 0 Å². The minimum atomic E-state index is -0.313. The van der Waals surface area contributed by atoms with Crippen molar-refractivity contribution in [2.75, 3.05) is 12.9 Å². The second-order valence-electron chi connectivity index (χ2n) is 4.69. The van der Waals surface area contributed by atoms with Crippen LogP contribution in [0.3, 0.4) is 0 Å². The van der Waals surface area contributed by atoms with Crippen molar-refractivity contribution in [2.45, 2.75) is 43.0 Å². The monoisotopic (exact) mass is 255 g/mol. The van der Waals surface area contributed by atoms with Crippen LogP contribution in [0.25, 0.3) is 0 Å². The maximum Gasteiger partial charge on any atom is 0.0951 e. The van der Waals surface area contributed by atoms with Crippen molar-refractivity contribution in [3.63, 3.8) is 0 Å². The lowest BCUT2D eigenvalue weighted by atomic mass is 9.94. The average Bonchev–Trinajstić information content (AvgIpc) is 2.87. The zero-order valence-corrected chi connectivity index (χ0v) is 11.1. The summed E-state index contributed by atoms with van der Waals surface area (Å²) in [6, 6.07) is 0.184. The summed E-state index contributed by atoms with van der Waals surface area (Å²) in [4.78, 5) is 4.18. The van der Waals surface area contributed by atoms with E-state index < -0.39 is 0 Å². The highest BCUT2D eigenvalue weighted by atomic mass is 32.2.